The van der Waals surface area contributed by atoms with Crippen molar-refractivity contribution in [3.05, 3.63) is 23.9 Å². The van der Waals surface area contributed by atoms with Crippen LogP contribution in [0.2, 0.25) is 0 Å². The number of hydrogen-bond acceptors (Lipinski definition) is 5. The Morgan fingerprint density at radius 3 is 2.88 bits per heavy atom. The molecule has 2 N–H and O–H groups in total. The molecule has 1 aliphatic rings. The number of anilines is 1. The SMILES string of the molecule is Cc1nc(-c2cccc3c2OCCO3)sc1N. The molecule has 5 heteroatoms. The summed E-state index contributed by atoms with van der Waals surface area (Å²) in [5, 5.41) is 1.62. The molecule has 0 radical (unpaired) electrons. The van der Waals surface area contributed by atoms with E-state index in [1.54, 1.807) is 0 Å². The van der Waals surface area contributed by atoms with Gasteiger partial charge in [-0.05, 0) is 19.1 Å². The molecule has 88 valence electrons. The van der Waals surface area contributed by atoms with E-state index in [0.29, 0.717) is 13.2 Å². The van der Waals surface area contributed by atoms with Crippen LogP contribution in [-0.2, 0) is 0 Å². The Balaban J connectivity index is 2.14. The first-order valence-electron chi connectivity index (χ1n) is 5.37. The fourth-order valence-corrected chi connectivity index (χ4v) is 2.62. The zero-order chi connectivity index (χ0) is 11.8. The molecule has 2 aromatic rings. The summed E-state index contributed by atoms with van der Waals surface area (Å²) in [6, 6.07) is 5.82. The standard InChI is InChI=1S/C12H12N2O2S/c1-7-11(13)17-12(14-7)8-3-2-4-9-10(8)16-6-5-15-9/h2-4H,5-6,13H2,1H3. The van der Waals surface area contributed by atoms with Gasteiger partial charge in [0.25, 0.3) is 0 Å². The maximum Gasteiger partial charge on any atom is 0.171 e. The van der Waals surface area contributed by atoms with Crippen molar-refractivity contribution in [2.75, 3.05) is 18.9 Å². The van der Waals surface area contributed by atoms with E-state index < -0.39 is 0 Å². The van der Waals surface area contributed by atoms with Crippen molar-refractivity contribution >= 4 is 16.3 Å². The molecule has 17 heavy (non-hydrogen) atoms. The van der Waals surface area contributed by atoms with Crippen molar-refractivity contribution in [1.29, 1.82) is 0 Å². The van der Waals surface area contributed by atoms with Crippen LogP contribution in [0.4, 0.5) is 5.00 Å². The molecule has 0 fully saturated rings. The molecular weight excluding hydrogens is 236 g/mol. The van der Waals surface area contributed by atoms with Gasteiger partial charge in [-0.25, -0.2) is 4.98 Å². The van der Waals surface area contributed by atoms with Crippen LogP contribution in [0.5, 0.6) is 11.5 Å². The summed E-state index contributed by atoms with van der Waals surface area (Å²) in [6.07, 6.45) is 0. The van der Waals surface area contributed by atoms with Crippen molar-refractivity contribution in [1.82, 2.24) is 4.98 Å². The Morgan fingerprint density at radius 2 is 2.12 bits per heavy atom. The smallest absolute Gasteiger partial charge is 0.171 e. The number of nitrogens with zero attached hydrogens (tertiary/aromatic N) is 1. The van der Waals surface area contributed by atoms with E-state index in [0.717, 1.165) is 32.8 Å². The fraction of sp³-hybridized carbons (Fsp3) is 0.250. The van der Waals surface area contributed by atoms with Crippen LogP contribution < -0.4 is 15.2 Å². The first-order chi connectivity index (χ1) is 8.25. The summed E-state index contributed by atoms with van der Waals surface area (Å²) < 4.78 is 11.2. The van der Waals surface area contributed by atoms with E-state index in [9.17, 15) is 0 Å². The van der Waals surface area contributed by atoms with Gasteiger partial charge in [-0.3, -0.25) is 0 Å². The molecule has 0 amide bonds. The number of rotatable bonds is 1. The summed E-state index contributed by atoms with van der Waals surface area (Å²) in [5.41, 5.74) is 7.65. The Kier molecular flexibility index (Phi) is 2.40. The number of para-hydroxylation sites is 1. The molecule has 1 aromatic carbocycles. The zero-order valence-electron chi connectivity index (χ0n) is 9.40. The quantitative estimate of drug-likeness (QED) is 0.842. The number of ether oxygens (including phenoxy) is 2. The van der Waals surface area contributed by atoms with Crippen LogP contribution >= 0.6 is 11.3 Å². The van der Waals surface area contributed by atoms with E-state index in [2.05, 4.69) is 4.98 Å². The Bertz CT molecular complexity index is 546. The van der Waals surface area contributed by atoms with Gasteiger partial charge in [-0.2, -0.15) is 0 Å². The molecule has 3 rings (SSSR count). The number of aryl methyl sites for hydroxylation is 1. The highest BCUT2D eigenvalue weighted by molar-refractivity contribution is 7.19. The summed E-state index contributed by atoms with van der Waals surface area (Å²) >= 11 is 1.47. The molecule has 0 aliphatic carbocycles. The second kappa shape index (κ2) is 3.92. The molecule has 0 atom stereocenters. The third-order valence-corrected chi connectivity index (χ3v) is 3.65. The lowest BCUT2D eigenvalue weighted by molar-refractivity contribution is 0.172. The van der Waals surface area contributed by atoms with Crippen LogP contribution in [0, 0.1) is 6.92 Å². The highest BCUT2D eigenvalue weighted by atomic mass is 32.1. The van der Waals surface area contributed by atoms with Crippen molar-refractivity contribution in [2.24, 2.45) is 0 Å². The third kappa shape index (κ3) is 1.72. The van der Waals surface area contributed by atoms with Crippen molar-refractivity contribution < 1.29 is 9.47 Å². The predicted molar refractivity (Wildman–Crippen MR) is 67.7 cm³/mol. The van der Waals surface area contributed by atoms with Gasteiger partial charge in [-0.1, -0.05) is 17.4 Å². The van der Waals surface area contributed by atoms with Crippen molar-refractivity contribution in [3.8, 4) is 22.1 Å². The van der Waals surface area contributed by atoms with Gasteiger partial charge < -0.3 is 15.2 Å². The van der Waals surface area contributed by atoms with Gasteiger partial charge in [0.05, 0.1) is 11.3 Å². The normalized spacial score (nSPS) is 13.7. The first kappa shape index (κ1) is 10.4. The maximum absolute atomic E-state index is 5.84. The van der Waals surface area contributed by atoms with E-state index >= 15 is 0 Å². The van der Waals surface area contributed by atoms with Gasteiger partial charge in [0.1, 0.15) is 23.2 Å². The van der Waals surface area contributed by atoms with E-state index in [4.69, 9.17) is 15.2 Å². The fourth-order valence-electron chi connectivity index (χ4n) is 1.77. The highest BCUT2D eigenvalue weighted by Gasteiger charge is 2.19. The zero-order valence-corrected chi connectivity index (χ0v) is 10.2. The Hall–Kier alpha value is -1.75. The molecule has 0 saturated heterocycles. The van der Waals surface area contributed by atoms with Crippen molar-refractivity contribution in [2.45, 2.75) is 6.92 Å². The van der Waals surface area contributed by atoms with Gasteiger partial charge in [0.15, 0.2) is 11.5 Å². The molecule has 0 bridgehead atoms. The Morgan fingerprint density at radius 1 is 1.29 bits per heavy atom. The lowest BCUT2D eigenvalue weighted by Crippen LogP contribution is -2.15. The summed E-state index contributed by atoms with van der Waals surface area (Å²) in [5.74, 6) is 1.55. The number of nitrogen functional groups attached to an aromatic ring is 1. The lowest BCUT2D eigenvalue weighted by Gasteiger charge is -2.20. The molecule has 2 heterocycles. The minimum absolute atomic E-state index is 0.573. The van der Waals surface area contributed by atoms with Crippen LogP contribution in [-0.4, -0.2) is 18.2 Å². The van der Waals surface area contributed by atoms with E-state index in [1.165, 1.54) is 11.3 Å². The van der Waals surface area contributed by atoms with Gasteiger partial charge in [-0.15, -0.1) is 0 Å². The summed E-state index contributed by atoms with van der Waals surface area (Å²) in [6.45, 7) is 3.07. The van der Waals surface area contributed by atoms with Crippen LogP contribution in [0.1, 0.15) is 5.69 Å². The molecule has 1 aliphatic heterocycles. The van der Waals surface area contributed by atoms with Crippen LogP contribution in [0.3, 0.4) is 0 Å². The first-order valence-corrected chi connectivity index (χ1v) is 6.19. The average molecular weight is 248 g/mol. The number of nitrogens with two attached hydrogens (primary N) is 1. The van der Waals surface area contributed by atoms with Gasteiger partial charge >= 0.3 is 0 Å². The largest absolute Gasteiger partial charge is 0.486 e. The number of hydrogen-bond donors (Lipinski definition) is 1. The molecular formula is C12H12N2O2S. The molecule has 0 unspecified atom stereocenters. The summed E-state index contributed by atoms with van der Waals surface area (Å²) in [7, 11) is 0. The maximum atomic E-state index is 5.84. The number of aromatic nitrogens is 1. The molecule has 0 spiro atoms. The number of benzene rings is 1. The number of fused-ring (bicyclic) bond motifs is 1. The topological polar surface area (TPSA) is 57.4 Å². The average Bonchev–Trinajstić information content (AvgIpc) is 2.69. The highest BCUT2D eigenvalue weighted by Crippen LogP contribution is 2.42. The second-order valence-corrected chi connectivity index (χ2v) is 4.83. The molecule has 1 aromatic heterocycles. The predicted octanol–water partition coefficient (Wildman–Crippen LogP) is 2.47. The minimum Gasteiger partial charge on any atom is -0.486 e. The van der Waals surface area contributed by atoms with Crippen LogP contribution in [0.25, 0.3) is 10.6 Å². The monoisotopic (exact) mass is 248 g/mol. The summed E-state index contributed by atoms with van der Waals surface area (Å²) in [4.78, 5) is 4.45. The molecule has 4 nitrogen and oxygen atoms in total. The molecule has 0 saturated carbocycles. The minimum atomic E-state index is 0.573. The van der Waals surface area contributed by atoms with Crippen molar-refractivity contribution in [3.63, 3.8) is 0 Å². The van der Waals surface area contributed by atoms with Gasteiger partial charge in [0, 0.05) is 0 Å². The van der Waals surface area contributed by atoms with E-state index in [-0.39, 0.29) is 0 Å². The third-order valence-electron chi connectivity index (χ3n) is 2.63. The Labute approximate surface area is 103 Å². The van der Waals surface area contributed by atoms with Gasteiger partial charge in [0.2, 0.25) is 0 Å². The second-order valence-electron chi connectivity index (χ2n) is 3.80. The van der Waals surface area contributed by atoms with Crippen LogP contribution in [0.15, 0.2) is 18.2 Å². The number of thiazole rings is 1. The van der Waals surface area contributed by atoms with E-state index in [1.807, 2.05) is 25.1 Å². The lowest BCUT2D eigenvalue weighted by atomic mass is 10.2.